The van der Waals surface area contributed by atoms with Crippen LogP contribution in [0.1, 0.15) is 40.0 Å². The molecule has 0 spiro atoms. The number of hydrogen-bond donors (Lipinski definition) is 1. The molecule has 0 unspecified atom stereocenters. The quantitative estimate of drug-likeness (QED) is 0.895. The lowest BCUT2D eigenvalue weighted by molar-refractivity contribution is -0.119. The summed E-state index contributed by atoms with van der Waals surface area (Å²) in [5, 5.41) is 3.83. The first-order chi connectivity index (χ1) is 12.1. The van der Waals surface area contributed by atoms with Crippen LogP contribution in [0.4, 0.5) is 0 Å². The topological polar surface area (TPSA) is 62.3 Å². The summed E-state index contributed by atoms with van der Waals surface area (Å²) in [5.41, 5.74) is 1.20. The van der Waals surface area contributed by atoms with Gasteiger partial charge in [0, 0.05) is 33.0 Å². The van der Waals surface area contributed by atoms with Crippen molar-refractivity contribution in [3.05, 3.63) is 52.0 Å². The van der Waals surface area contributed by atoms with Crippen molar-refractivity contribution in [3.8, 4) is 0 Å². The number of nitrogens with zero attached hydrogens (tertiary/aromatic N) is 2. The van der Waals surface area contributed by atoms with Gasteiger partial charge in [-0.15, -0.1) is 11.3 Å². The molecule has 132 valence electrons. The first-order valence-corrected chi connectivity index (χ1v) is 9.46. The molecule has 1 fully saturated rings. The van der Waals surface area contributed by atoms with E-state index in [4.69, 9.17) is 0 Å². The number of amides is 2. The van der Waals surface area contributed by atoms with Crippen LogP contribution in [-0.4, -0.2) is 41.3 Å². The lowest BCUT2D eigenvalue weighted by Gasteiger charge is -2.31. The van der Waals surface area contributed by atoms with Crippen LogP contribution in [0.25, 0.3) is 0 Å². The molecule has 0 saturated carbocycles. The fourth-order valence-corrected chi connectivity index (χ4v) is 3.97. The van der Waals surface area contributed by atoms with Gasteiger partial charge in [-0.05, 0) is 24.3 Å². The van der Waals surface area contributed by atoms with E-state index >= 15 is 0 Å². The number of carbonyl (C=O) groups excluding carboxylic acids is 2. The lowest BCUT2D eigenvalue weighted by atomic mass is 9.96. The maximum absolute atomic E-state index is 12.7. The van der Waals surface area contributed by atoms with Crippen molar-refractivity contribution in [2.45, 2.75) is 26.2 Å². The van der Waals surface area contributed by atoms with Crippen LogP contribution < -0.4 is 5.32 Å². The molecule has 2 amide bonds. The minimum Gasteiger partial charge on any atom is -0.356 e. The van der Waals surface area contributed by atoms with Crippen molar-refractivity contribution in [1.82, 2.24) is 15.2 Å². The number of carbonyl (C=O) groups is 2. The Morgan fingerprint density at radius 1 is 1.24 bits per heavy atom. The molecule has 0 bridgehead atoms. The Labute approximate surface area is 152 Å². The fraction of sp³-hybridized carbons (Fsp3) is 0.421. The van der Waals surface area contributed by atoms with Gasteiger partial charge in [0.05, 0.1) is 11.2 Å². The molecule has 1 N–H and O–H groups in total. The molecule has 2 aromatic rings. The zero-order valence-corrected chi connectivity index (χ0v) is 15.2. The monoisotopic (exact) mass is 357 g/mol. The molecule has 3 rings (SSSR count). The van der Waals surface area contributed by atoms with Gasteiger partial charge in [0.1, 0.15) is 4.88 Å². The average molecular weight is 357 g/mol. The predicted molar refractivity (Wildman–Crippen MR) is 98.7 cm³/mol. The van der Waals surface area contributed by atoms with Crippen molar-refractivity contribution in [1.29, 1.82) is 0 Å². The zero-order chi connectivity index (χ0) is 17.6. The SMILES string of the molecule is CC(=O)NCC1CCN(C(=O)c2cnc(Cc3ccccc3)s2)CC1. The Kier molecular flexibility index (Phi) is 5.81. The molecule has 1 aliphatic heterocycles. The highest BCUT2D eigenvalue weighted by Crippen LogP contribution is 2.22. The van der Waals surface area contributed by atoms with Crippen LogP contribution in [-0.2, 0) is 11.2 Å². The number of piperidine rings is 1. The molecule has 2 heterocycles. The summed E-state index contributed by atoms with van der Waals surface area (Å²) in [5.74, 6) is 0.548. The van der Waals surface area contributed by atoms with Gasteiger partial charge in [-0.25, -0.2) is 4.98 Å². The summed E-state index contributed by atoms with van der Waals surface area (Å²) in [6, 6.07) is 10.2. The van der Waals surface area contributed by atoms with E-state index in [-0.39, 0.29) is 11.8 Å². The maximum Gasteiger partial charge on any atom is 0.265 e. The number of benzene rings is 1. The van der Waals surface area contributed by atoms with Gasteiger partial charge < -0.3 is 10.2 Å². The van der Waals surface area contributed by atoms with Crippen molar-refractivity contribution in [2.24, 2.45) is 5.92 Å². The average Bonchev–Trinajstić information content (AvgIpc) is 3.09. The molecular formula is C19H23N3O2S. The molecule has 25 heavy (non-hydrogen) atoms. The van der Waals surface area contributed by atoms with Gasteiger partial charge >= 0.3 is 0 Å². The van der Waals surface area contributed by atoms with Gasteiger partial charge in [-0.2, -0.15) is 0 Å². The number of nitrogens with one attached hydrogen (secondary N) is 1. The summed E-state index contributed by atoms with van der Waals surface area (Å²) in [6.45, 7) is 3.73. The van der Waals surface area contributed by atoms with Crippen molar-refractivity contribution in [2.75, 3.05) is 19.6 Å². The largest absolute Gasteiger partial charge is 0.356 e. The van der Waals surface area contributed by atoms with E-state index in [1.165, 1.54) is 23.8 Å². The van der Waals surface area contributed by atoms with Crippen LogP contribution in [0.15, 0.2) is 36.5 Å². The number of thiazole rings is 1. The Morgan fingerprint density at radius 3 is 2.64 bits per heavy atom. The molecule has 6 heteroatoms. The fourth-order valence-electron chi connectivity index (χ4n) is 3.05. The van der Waals surface area contributed by atoms with E-state index in [2.05, 4.69) is 22.4 Å². The predicted octanol–water partition coefficient (Wildman–Crippen LogP) is 2.72. The van der Waals surface area contributed by atoms with Crippen molar-refractivity contribution < 1.29 is 9.59 Å². The molecule has 0 atom stereocenters. The zero-order valence-electron chi connectivity index (χ0n) is 14.4. The highest BCUT2D eigenvalue weighted by Gasteiger charge is 2.25. The third-order valence-electron chi connectivity index (χ3n) is 4.50. The van der Waals surface area contributed by atoms with E-state index in [1.807, 2.05) is 23.1 Å². The smallest absolute Gasteiger partial charge is 0.265 e. The minimum atomic E-state index is 0.00844. The minimum absolute atomic E-state index is 0.00844. The molecule has 5 nitrogen and oxygen atoms in total. The number of hydrogen-bond acceptors (Lipinski definition) is 4. The summed E-state index contributed by atoms with van der Waals surface area (Å²) in [4.78, 5) is 30.7. The van der Waals surface area contributed by atoms with Crippen LogP contribution in [0, 0.1) is 5.92 Å². The standard InChI is InChI=1S/C19H23N3O2S/c1-14(23)20-12-16-7-9-22(10-8-16)19(24)17-13-21-18(25-17)11-15-5-3-2-4-6-15/h2-6,13,16H,7-12H2,1H3,(H,20,23). The first-order valence-electron chi connectivity index (χ1n) is 8.64. The van der Waals surface area contributed by atoms with Crippen LogP contribution in [0.3, 0.4) is 0 Å². The Balaban J connectivity index is 1.53. The molecule has 1 saturated heterocycles. The molecule has 0 radical (unpaired) electrons. The maximum atomic E-state index is 12.7. The van der Waals surface area contributed by atoms with E-state index in [0.29, 0.717) is 17.3 Å². The lowest BCUT2D eigenvalue weighted by Crippen LogP contribution is -2.41. The van der Waals surface area contributed by atoms with Gasteiger partial charge in [-0.1, -0.05) is 30.3 Å². The normalized spacial score (nSPS) is 15.2. The molecule has 0 aliphatic carbocycles. The second kappa shape index (κ2) is 8.25. The summed E-state index contributed by atoms with van der Waals surface area (Å²) in [6.07, 6.45) is 4.33. The molecule has 1 aromatic carbocycles. The van der Waals surface area contributed by atoms with Crippen LogP contribution >= 0.6 is 11.3 Å². The van der Waals surface area contributed by atoms with Gasteiger partial charge in [0.25, 0.3) is 5.91 Å². The highest BCUT2D eigenvalue weighted by atomic mass is 32.1. The van der Waals surface area contributed by atoms with Gasteiger partial charge in [0.2, 0.25) is 5.91 Å². The molecule has 1 aromatic heterocycles. The van der Waals surface area contributed by atoms with Gasteiger partial charge in [0.15, 0.2) is 0 Å². The summed E-state index contributed by atoms with van der Waals surface area (Å²) >= 11 is 1.49. The molecule has 1 aliphatic rings. The second-order valence-corrected chi connectivity index (χ2v) is 7.57. The Bertz CT molecular complexity index is 721. The van der Waals surface area contributed by atoms with E-state index in [1.54, 1.807) is 6.20 Å². The van der Waals surface area contributed by atoms with E-state index in [0.717, 1.165) is 37.4 Å². The van der Waals surface area contributed by atoms with E-state index in [9.17, 15) is 9.59 Å². The number of rotatable bonds is 5. The second-order valence-electron chi connectivity index (χ2n) is 6.45. The number of likely N-dealkylation sites (tertiary alicyclic amines) is 1. The Morgan fingerprint density at radius 2 is 1.96 bits per heavy atom. The van der Waals surface area contributed by atoms with Crippen molar-refractivity contribution >= 4 is 23.2 Å². The summed E-state index contributed by atoms with van der Waals surface area (Å²) < 4.78 is 0. The summed E-state index contributed by atoms with van der Waals surface area (Å²) in [7, 11) is 0. The first kappa shape index (κ1) is 17.6. The van der Waals surface area contributed by atoms with Crippen LogP contribution in [0.5, 0.6) is 0 Å². The highest BCUT2D eigenvalue weighted by molar-refractivity contribution is 7.13. The van der Waals surface area contributed by atoms with Crippen LogP contribution in [0.2, 0.25) is 0 Å². The van der Waals surface area contributed by atoms with E-state index < -0.39 is 0 Å². The third-order valence-corrected chi connectivity index (χ3v) is 5.49. The third kappa shape index (κ3) is 4.89. The van der Waals surface area contributed by atoms with Gasteiger partial charge in [-0.3, -0.25) is 9.59 Å². The number of aromatic nitrogens is 1. The Hall–Kier alpha value is -2.21. The van der Waals surface area contributed by atoms with Crippen molar-refractivity contribution in [3.63, 3.8) is 0 Å². The molecular weight excluding hydrogens is 334 g/mol.